The molecule has 1 aliphatic heterocycles. The molecule has 2 aromatic carbocycles. The van der Waals surface area contributed by atoms with E-state index in [1.54, 1.807) is 11.0 Å². The van der Waals surface area contributed by atoms with Gasteiger partial charge in [-0.05, 0) is 29.5 Å². The van der Waals surface area contributed by atoms with Crippen LogP contribution in [0, 0.1) is 0 Å². The number of hydrogen-bond acceptors (Lipinski definition) is 4. The molecule has 2 heterocycles. The molecule has 6 nitrogen and oxygen atoms in total. The van der Waals surface area contributed by atoms with Crippen molar-refractivity contribution in [2.75, 3.05) is 13.2 Å². The first kappa shape index (κ1) is 18.4. The van der Waals surface area contributed by atoms with Crippen LogP contribution in [0.15, 0.2) is 67.3 Å². The maximum absolute atomic E-state index is 13.2. The third kappa shape index (κ3) is 3.97. The number of nitrogens with zero attached hydrogens (tertiary/aromatic N) is 3. The Morgan fingerprint density at radius 1 is 1.07 bits per heavy atom. The minimum atomic E-state index is -0.516. The Bertz CT molecular complexity index is 903. The largest absolute Gasteiger partial charge is 0.381 e. The number of aromatic nitrogens is 3. The topological polar surface area (TPSA) is 69.0 Å². The Labute approximate surface area is 164 Å². The summed E-state index contributed by atoms with van der Waals surface area (Å²) in [5.74, 6) is 0.0729. The van der Waals surface area contributed by atoms with E-state index in [1.807, 2.05) is 42.5 Å². The zero-order valence-corrected chi connectivity index (χ0v) is 15.8. The highest BCUT2D eigenvalue weighted by Crippen LogP contribution is 2.35. The first-order valence-corrected chi connectivity index (χ1v) is 9.58. The van der Waals surface area contributed by atoms with Crippen LogP contribution in [-0.2, 0) is 28.0 Å². The molecule has 6 heteroatoms. The smallest absolute Gasteiger partial charge is 0.231 e. The average Bonchev–Trinajstić information content (AvgIpc) is 3.26. The van der Waals surface area contributed by atoms with Gasteiger partial charge in [-0.15, -0.1) is 0 Å². The van der Waals surface area contributed by atoms with Crippen molar-refractivity contribution < 1.29 is 9.53 Å². The number of amides is 1. The quantitative estimate of drug-likeness (QED) is 0.718. The van der Waals surface area contributed by atoms with Gasteiger partial charge in [0.25, 0.3) is 0 Å². The van der Waals surface area contributed by atoms with E-state index in [0.29, 0.717) is 39.1 Å². The lowest BCUT2D eigenvalue weighted by Crippen LogP contribution is -2.47. The van der Waals surface area contributed by atoms with Crippen LogP contribution in [0.4, 0.5) is 0 Å². The van der Waals surface area contributed by atoms with Gasteiger partial charge in [0.15, 0.2) is 0 Å². The first-order valence-electron chi connectivity index (χ1n) is 9.58. The maximum atomic E-state index is 13.2. The van der Waals surface area contributed by atoms with Crippen LogP contribution in [0.3, 0.4) is 0 Å². The zero-order chi connectivity index (χ0) is 19.2. The van der Waals surface area contributed by atoms with E-state index in [4.69, 9.17) is 4.74 Å². The van der Waals surface area contributed by atoms with Gasteiger partial charge in [0.1, 0.15) is 12.7 Å². The van der Waals surface area contributed by atoms with Crippen molar-refractivity contribution in [3.8, 4) is 0 Å². The summed E-state index contributed by atoms with van der Waals surface area (Å²) < 4.78 is 7.31. The van der Waals surface area contributed by atoms with Gasteiger partial charge in [-0.2, -0.15) is 5.10 Å². The standard InChI is InChI=1S/C22H24N4O2/c27-21(22(9-11-28-12-10-22)20-7-2-1-3-8-20)24-14-18-5-4-6-19(13-18)15-26-17-23-16-25-26/h1-8,13,16-17H,9-12,14-15H2,(H,24,27). The fourth-order valence-corrected chi connectivity index (χ4v) is 3.81. The Morgan fingerprint density at radius 3 is 2.61 bits per heavy atom. The van der Waals surface area contributed by atoms with Crippen LogP contribution in [0.25, 0.3) is 0 Å². The van der Waals surface area contributed by atoms with Gasteiger partial charge in [-0.1, -0.05) is 54.6 Å². The average molecular weight is 376 g/mol. The molecule has 0 radical (unpaired) electrons. The molecule has 0 spiro atoms. The lowest BCUT2D eigenvalue weighted by molar-refractivity contribution is -0.130. The molecule has 1 aliphatic rings. The third-order valence-electron chi connectivity index (χ3n) is 5.36. The summed E-state index contributed by atoms with van der Waals surface area (Å²) in [6, 6.07) is 18.3. The summed E-state index contributed by atoms with van der Waals surface area (Å²) in [6.45, 7) is 2.37. The van der Waals surface area contributed by atoms with Crippen LogP contribution >= 0.6 is 0 Å². The molecule has 1 fully saturated rings. The van der Waals surface area contributed by atoms with Gasteiger partial charge in [-0.25, -0.2) is 9.67 Å². The molecule has 28 heavy (non-hydrogen) atoms. The number of rotatable bonds is 6. The van der Waals surface area contributed by atoms with Gasteiger partial charge < -0.3 is 10.1 Å². The molecule has 144 valence electrons. The highest BCUT2D eigenvalue weighted by atomic mass is 16.5. The summed E-state index contributed by atoms with van der Waals surface area (Å²) in [6.07, 6.45) is 4.63. The van der Waals surface area contributed by atoms with Crippen LogP contribution in [-0.4, -0.2) is 33.9 Å². The molecule has 0 atom stereocenters. The Morgan fingerprint density at radius 2 is 1.86 bits per heavy atom. The highest BCUT2D eigenvalue weighted by Gasteiger charge is 2.41. The molecular weight excluding hydrogens is 352 g/mol. The molecule has 0 aliphatic carbocycles. The van der Waals surface area contributed by atoms with E-state index in [9.17, 15) is 4.79 Å². The van der Waals surface area contributed by atoms with Crippen molar-refractivity contribution in [3.63, 3.8) is 0 Å². The van der Waals surface area contributed by atoms with Gasteiger partial charge in [-0.3, -0.25) is 4.79 Å². The summed E-state index contributed by atoms with van der Waals surface area (Å²) in [4.78, 5) is 17.2. The fraction of sp³-hybridized carbons (Fsp3) is 0.318. The molecule has 4 rings (SSSR count). The third-order valence-corrected chi connectivity index (χ3v) is 5.36. The number of hydrogen-bond donors (Lipinski definition) is 1. The van der Waals surface area contributed by atoms with Crippen molar-refractivity contribution in [2.24, 2.45) is 0 Å². The minimum Gasteiger partial charge on any atom is -0.381 e. The molecule has 0 unspecified atom stereocenters. The second-order valence-corrected chi connectivity index (χ2v) is 7.16. The van der Waals surface area contributed by atoms with Crippen LogP contribution < -0.4 is 5.32 Å². The van der Waals surface area contributed by atoms with E-state index >= 15 is 0 Å². The molecule has 1 N–H and O–H groups in total. The minimum absolute atomic E-state index is 0.0729. The number of benzene rings is 2. The zero-order valence-electron chi connectivity index (χ0n) is 15.8. The highest BCUT2D eigenvalue weighted by molar-refractivity contribution is 5.88. The van der Waals surface area contributed by atoms with E-state index in [1.165, 1.54) is 6.33 Å². The van der Waals surface area contributed by atoms with Crippen LogP contribution in [0.5, 0.6) is 0 Å². The van der Waals surface area contributed by atoms with Crippen molar-refractivity contribution in [2.45, 2.75) is 31.3 Å². The predicted molar refractivity (Wildman–Crippen MR) is 106 cm³/mol. The number of nitrogens with one attached hydrogen (secondary N) is 1. The van der Waals surface area contributed by atoms with Crippen molar-refractivity contribution in [3.05, 3.63) is 83.9 Å². The molecule has 3 aromatic rings. The number of carbonyl (C=O) groups excluding carboxylic acids is 1. The lowest BCUT2D eigenvalue weighted by atomic mass is 9.73. The SMILES string of the molecule is O=C(NCc1cccc(Cn2cncn2)c1)C1(c2ccccc2)CCOCC1. The van der Waals surface area contributed by atoms with Gasteiger partial charge in [0, 0.05) is 19.8 Å². The van der Waals surface area contributed by atoms with Crippen molar-refractivity contribution in [1.29, 1.82) is 0 Å². The van der Waals surface area contributed by atoms with E-state index < -0.39 is 5.41 Å². The maximum Gasteiger partial charge on any atom is 0.231 e. The van der Waals surface area contributed by atoms with E-state index in [2.05, 4.69) is 27.5 Å². The lowest BCUT2D eigenvalue weighted by Gasteiger charge is -2.36. The molecule has 0 saturated carbocycles. The molecular formula is C22H24N4O2. The molecule has 1 aromatic heterocycles. The van der Waals surface area contributed by atoms with Gasteiger partial charge >= 0.3 is 0 Å². The van der Waals surface area contributed by atoms with E-state index in [0.717, 1.165) is 16.7 Å². The Balaban J connectivity index is 1.47. The molecule has 1 amide bonds. The van der Waals surface area contributed by atoms with Crippen LogP contribution in [0.2, 0.25) is 0 Å². The summed E-state index contributed by atoms with van der Waals surface area (Å²) in [5.41, 5.74) is 2.75. The van der Waals surface area contributed by atoms with Crippen molar-refractivity contribution >= 4 is 5.91 Å². The normalized spacial score (nSPS) is 15.9. The number of carbonyl (C=O) groups is 1. The molecule has 0 bridgehead atoms. The van der Waals surface area contributed by atoms with Crippen LogP contribution in [0.1, 0.15) is 29.5 Å². The van der Waals surface area contributed by atoms with E-state index in [-0.39, 0.29) is 5.91 Å². The van der Waals surface area contributed by atoms with Gasteiger partial charge in [0.05, 0.1) is 12.0 Å². The first-order chi connectivity index (χ1) is 13.8. The fourth-order valence-electron chi connectivity index (χ4n) is 3.81. The second-order valence-electron chi connectivity index (χ2n) is 7.16. The number of ether oxygens (including phenoxy) is 1. The molecule has 1 saturated heterocycles. The summed E-state index contributed by atoms with van der Waals surface area (Å²) >= 11 is 0. The van der Waals surface area contributed by atoms with Gasteiger partial charge in [0.2, 0.25) is 5.91 Å². The second kappa shape index (κ2) is 8.35. The summed E-state index contributed by atoms with van der Waals surface area (Å²) in [5, 5.41) is 7.31. The summed E-state index contributed by atoms with van der Waals surface area (Å²) in [7, 11) is 0. The Kier molecular flexibility index (Phi) is 5.48. The van der Waals surface area contributed by atoms with Crippen molar-refractivity contribution in [1.82, 2.24) is 20.1 Å². The Hall–Kier alpha value is -2.99. The predicted octanol–water partition coefficient (Wildman–Crippen LogP) is 2.69. The monoisotopic (exact) mass is 376 g/mol.